The molecule has 2 aromatic rings. The summed E-state index contributed by atoms with van der Waals surface area (Å²) >= 11 is 0. The lowest BCUT2D eigenvalue weighted by Crippen LogP contribution is -2.50. The fourth-order valence-electron chi connectivity index (χ4n) is 5.35. The molecule has 0 amide bonds. The maximum absolute atomic E-state index is 11.0. The Morgan fingerprint density at radius 1 is 1.00 bits per heavy atom. The molecule has 1 aliphatic heterocycles. The summed E-state index contributed by atoms with van der Waals surface area (Å²) in [6.45, 7) is 3.59. The van der Waals surface area contributed by atoms with Crippen LogP contribution >= 0.6 is 0 Å². The summed E-state index contributed by atoms with van der Waals surface area (Å²) in [5.41, 5.74) is 3.51. The second-order valence-corrected chi connectivity index (χ2v) is 9.50. The maximum atomic E-state index is 11.0. The van der Waals surface area contributed by atoms with Crippen LogP contribution in [0.15, 0.2) is 66.7 Å². The molecule has 2 aromatic carbocycles. The van der Waals surface area contributed by atoms with Crippen LogP contribution in [0.1, 0.15) is 37.7 Å². The zero-order chi connectivity index (χ0) is 24.5. The number of hydrogen-bond donors (Lipinski definition) is 2. The van der Waals surface area contributed by atoms with E-state index in [9.17, 15) is 9.90 Å². The standard InChI is InChI=1S/C29H37NO5/c31-26-20-27(35-21-22-12-14-24(15-13-22)23-8-4-3-5-9-23)25(10-6-1-2-7-11-28(32)33)29(26)30-16-18-34-19-17-30/h1-5,8-9,12-15,25-27,29,31H,6-7,10-11,16-21H2,(H,32,33)/t25-,26+,27-,29+/m0/s1. The van der Waals surface area contributed by atoms with Crippen LogP contribution in [-0.2, 0) is 20.9 Å². The van der Waals surface area contributed by atoms with Gasteiger partial charge in [0, 0.05) is 37.9 Å². The molecule has 0 spiro atoms. The van der Waals surface area contributed by atoms with Crippen LogP contribution in [-0.4, -0.2) is 65.6 Å². The highest BCUT2D eigenvalue weighted by Gasteiger charge is 2.45. The van der Waals surface area contributed by atoms with Gasteiger partial charge in [0.1, 0.15) is 0 Å². The van der Waals surface area contributed by atoms with E-state index < -0.39 is 12.1 Å². The highest BCUT2D eigenvalue weighted by molar-refractivity contribution is 5.66. The van der Waals surface area contributed by atoms with Crippen molar-refractivity contribution < 1.29 is 24.5 Å². The van der Waals surface area contributed by atoms with Gasteiger partial charge in [-0.25, -0.2) is 0 Å². The lowest BCUT2D eigenvalue weighted by molar-refractivity contribution is -0.136. The zero-order valence-electron chi connectivity index (χ0n) is 20.3. The first-order chi connectivity index (χ1) is 17.1. The molecule has 0 bridgehead atoms. The fraction of sp³-hybridized carbons (Fsp3) is 0.483. The van der Waals surface area contributed by atoms with Crippen molar-refractivity contribution in [2.75, 3.05) is 26.3 Å². The van der Waals surface area contributed by atoms with Crippen molar-refractivity contribution in [2.45, 2.75) is 57.0 Å². The Bertz CT molecular complexity index is 939. The van der Waals surface area contributed by atoms with Crippen LogP contribution in [0.3, 0.4) is 0 Å². The number of morpholine rings is 1. The zero-order valence-corrected chi connectivity index (χ0v) is 20.3. The second-order valence-electron chi connectivity index (χ2n) is 9.50. The van der Waals surface area contributed by atoms with Gasteiger partial charge < -0.3 is 19.7 Å². The predicted molar refractivity (Wildman–Crippen MR) is 136 cm³/mol. The molecular weight excluding hydrogens is 442 g/mol. The number of ether oxygens (including phenoxy) is 2. The van der Waals surface area contributed by atoms with Crippen molar-refractivity contribution in [1.29, 1.82) is 0 Å². The van der Waals surface area contributed by atoms with Crippen LogP contribution in [0.5, 0.6) is 0 Å². The minimum Gasteiger partial charge on any atom is -0.481 e. The van der Waals surface area contributed by atoms with Crippen LogP contribution in [0.25, 0.3) is 11.1 Å². The summed E-state index contributed by atoms with van der Waals surface area (Å²) in [7, 11) is 0. The van der Waals surface area contributed by atoms with Crippen LogP contribution in [0.2, 0.25) is 0 Å². The van der Waals surface area contributed by atoms with Gasteiger partial charge in [0.05, 0.1) is 32.0 Å². The van der Waals surface area contributed by atoms with Crippen molar-refractivity contribution >= 4 is 5.97 Å². The highest BCUT2D eigenvalue weighted by Crippen LogP contribution is 2.37. The Morgan fingerprint density at radius 3 is 2.40 bits per heavy atom. The van der Waals surface area contributed by atoms with Gasteiger partial charge in [-0.1, -0.05) is 66.7 Å². The molecule has 1 heterocycles. The van der Waals surface area contributed by atoms with E-state index in [1.54, 1.807) is 0 Å². The molecule has 1 saturated heterocycles. The Balaban J connectivity index is 1.37. The fourth-order valence-corrected chi connectivity index (χ4v) is 5.35. The molecule has 4 atom stereocenters. The normalized spacial score (nSPS) is 25.3. The van der Waals surface area contributed by atoms with E-state index in [1.165, 1.54) is 11.1 Å². The molecule has 188 valence electrons. The molecule has 4 rings (SSSR count). The van der Waals surface area contributed by atoms with E-state index in [4.69, 9.17) is 14.6 Å². The van der Waals surface area contributed by atoms with Crippen LogP contribution in [0, 0.1) is 5.92 Å². The average molecular weight is 480 g/mol. The summed E-state index contributed by atoms with van der Waals surface area (Å²) in [6.07, 6.45) is 6.69. The van der Waals surface area contributed by atoms with Gasteiger partial charge in [0.2, 0.25) is 0 Å². The molecule has 0 radical (unpaired) electrons. The molecule has 0 aromatic heterocycles. The van der Waals surface area contributed by atoms with Gasteiger partial charge in [-0.2, -0.15) is 0 Å². The topological polar surface area (TPSA) is 79.2 Å². The predicted octanol–water partition coefficient (Wildman–Crippen LogP) is 4.52. The number of carboxylic acid groups (broad SMARTS) is 1. The first kappa shape index (κ1) is 25.6. The number of benzene rings is 2. The Kier molecular flexibility index (Phi) is 9.49. The first-order valence-electron chi connectivity index (χ1n) is 12.7. The molecule has 2 fully saturated rings. The third-order valence-electron chi connectivity index (χ3n) is 7.13. The number of aliphatic carboxylic acids is 1. The van der Waals surface area contributed by atoms with E-state index in [1.807, 2.05) is 24.3 Å². The third kappa shape index (κ3) is 7.24. The number of carboxylic acids is 1. The number of aliphatic hydroxyl groups is 1. The molecular formula is C29H37NO5. The quantitative estimate of drug-likeness (QED) is 0.462. The number of carbonyl (C=O) groups is 1. The third-order valence-corrected chi connectivity index (χ3v) is 7.13. The SMILES string of the molecule is O=C(O)CCC=CCC[C@@H]1[C@@H](N2CCOCC2)[C@H](O)C[C@@H]1OCc1ccc(-c2ccccc2)cc1. The van der Waals surface area contributed by atoms with Crippen LogP contribution < -0.4 is 0 Å². The Hall–Kier alpha value is -2.51. The lowest BCUT2D eigenvalue weighted by atomic mass is 9.93. The highest BCUT2D eigenvalue weighted by atomic mass is 16.5. The van der Waals surface area contributed by atoms with Crippen molar-refractivity contribution in [3.05, 3.63) is 72.3 Å². The smallest absolute Gasteiger partial charge is 0.303 e. The van der Waals surface area contributed by atoms with Crippen molar-refractivity contribution in [1.82, 2.24) is 4.90 Å². The average Bonchev–Trinajstić information content (AvgIpc) is 3.20. The molecule has 0 unspecified atom stereocenters. The molecule has 6 heteroatoms. The molecule has 1 saturated carbocycles. The summed E-state index contributed by atoms with van der Waals surface area (Å²) in [5.74, 6) is -0.554. The molecule has 35 heavy (non-hydrogen) atoms. The summed E-state index contributed by atoms with van der Waals surface area (Å²) in [6, 6.07) is 18.9. The van der Waals surface area contributed by atoms with Crippen molar-refractivity contribution in [3.8, 4) is 11.1 Å². The van der Waals surface area contributed by atoms with E-state index in [0.29, 0.717) is 32.7 Å². The Labute approximate surface area is 208 Å². The van der Waals surface area contributed by atoms with E-state index in [-0.39, 0.29) is 24.5 Å². The number of hydrogen-bond acceptors (Lipinski definition) is 5. The maximum Gasteiger partial charge on any atom is 0.303 e. The number of allylic oxidation sites excluding steroid dienone is 2. The molecule has 1 aliphatic carbocycles. The largest absolute Gasteiger partial charge is 0.481 e. The van der Waals surface area contributed by atoms with Gasteiger partial charge in [-0.15, -0.1) is 0 Å². The van der Waals surface area contributed by atoms with E-state index >= 15 is 0 Å². The van der Waals surface area contributed by atoms with Gasteiger partial charge in [0.15, 0.2) is 0 Å². The van der Waals surface area contributed by atoms with E-state index in [2.05, 4.69) is 47.4 Å². The van der Waals surface area contributed by atoms with Crippen molar-refractivity contribution in [2.24, 2.45) is 5.92 Å². The summed E-state index contributed by atoms with van der Waals surface area (Å²) in [4.78, 5) is 13.1. The minimum absolute atomic E-state index is 0.0148. The number of nitrogens with zero attached hydrogens (tertiary/aromatic N) is 1. The van der Waals surface area contributed by atoms with Gasteiger partial charge >= 0.3 is 5.97 Å². The molecule has 2 aliphatic rings. The molecule has 6 nitrogen and oxygen atoms in total. The lowest BCUT2D eigenvalue weighted by Gasteiger charge is -2.38. The number of rotatable bonds is 11. The minimum atomic E-state index is -0.772. The molecule has 2 N–H and O–H groups in total. The van der Waals surface area contributed by atoms with Crippen LogP contribution in [0.4, 0.5) is 0 Å². The Morgan fingerprint density at radius 2 is 1.69 bits per heavy atom. The monoisotopic (exact) mass is 479 g/mol. The van der Waals surface area contributed by atoms with Gasteiger partial charge in [-0.05, 0) is 36.0 Å². The van der Waals surface area contributed by atoms with E-state index in [0.717, 1.165) is 31.5 Å². The van der Waals surface area contributed by atoms with Crippen molar-refractivity contribution in [3.63, 3.8) is 0 Å². The van der Waals surface area contributed by atoms with Gasteiger partial charge in [0.25, 0.3) is 0 Å². The number of aliphatic hydroxyl groups excluding tert-OH is 1. The second kappa shape index (κ2) is 13.0. The summed E-state index contributed by atoms with van der Waals surface area (Å²) in [5, 5.41) is 19.8. The first-order valence-corrected chi connectivity index (χ1v) is 12.7. The van der Waals surface area contributed by atoms with Gasteiger partial charge in [-0.3, -0.25) is 9.69 Å². The summed E-state index contributed by atoms with van der Waals surface area (Å²) < 4.78 is 12.0.